The summed E-state index contributed by atoms with van der Waals surface area (Å²) >= 11 is 0. The zero-order chi connectivity index (χ0) is 19.8. The number of nitrogens with one attached hydrogen (secondary N) is 2. The van der Waals surface area contributed by atoms with Crippen molar-refractivity contribution in [2.75, 3.05) is 10.6 Å². The number of hydrogen-bond acceptors (Lipinski definition) is 3. The molecule has 3 aromatic carbocycles. The molecular weight excluding hydrogens is 352 g/mol. The third kappa shape index (κ3) is 3.47. The minimum Gasteiger partial charge on any atom is -0.454 e. The number of benzene rings is 3. The lowest BCUT2D eigenvalue weighted by Crippen LogP contribution is -2.14. The summed E-state index contributed by atoms with van der Waals surface area (Å²) in [6.07, 6.45) is 0. The van der Waals surface area contributed by atoms with E-state index in [1.807, 2.05) is 57.2 Å². The van der Waals surface area contributed by atoms with Gasteiger partial charge in [-0.1, -0.05) is 23.3 Å². The van der Waals surface area contributed by atoms with Crippen LogP contribution in [0.2, 0.25) is 0 Å². The number of aryl methyl sites for hydroxylation is 3. The molecule has 0 aromatic heterocycles. The van der Waals surface area contributed by atoms with Crippen molar-refractivity contribution in [2.45, 2.75) is 20.8 Å². The summed E-state index contributed by atoms with van der Waals surface area (Å²) in [5.41, 5.74) is 5.17. The summed E-state index contributed by atoms with van der Waals surface area (Å²) < 4.78 is 5.91. The molecule has 3 aromatic rings. The molecule has 0 atom stereocenters. The van der Waals surface area contributed by atoms with Crippen molar-refractivity contribution in [2.24, 2.45) is 0 Å². The molecule has 0 spiro atoms. The minimum absolute atomic E-state index is 0.222. The van der Waals surface area contributed by atoms with Gasteiger partial charge in [0.05, 0.1) is 11.3 Å². The third-order valence-corrected chi connectivity index (χ3v) is 4.57. The van der Waals surface area contributed by atoms with E-state index < -0.39 is 0 Å². The van der Waals surface area contributed by atoms with E-state index in [1.54, 1.807) is 18.2 Å². The highest BCUT2D eigenvalue weighted by Gasteiger charge is 2.21. The molecule has 28 heavy (non-hydrogen) atoms. The van der Waals surface area contributed by atoms with Gasteiger partial charge in [-0.25, -0.2) is 0 Å². The first-order valence-electron chi connectivity index (χ1n) is 9.02. The Morgan fingerprint density at radius 2 is 1.57 bits per heavy atom. The number of rotatable bonds is 2. The van der Waals surface area contributed by atoms with Crippen LogP contribution in [-0.4, -0.2) is 11.8 Å². The molecule has 0 saturated carbocycles. The summed E-state index contributed by atoms with van der Waals surface area (Å²) in [4.78, 5) is 25.3. The zero-order valence-corrected chi connectivity index (χ0v) is 15.9. The van der Waals surface area contributed by atoms with Crippen LogP contribution in [0, 0.1) is 20.8 Å². The monoisotopic (exact) mass is 372 g/mol. The van der Waals surface area contributed by atoms with Crippen LogP contribution in [0.1, 0.15) is 37.4 Å². The third-order valence-electron chi connectivity index (χ3n) is 4.57. The van der Waals surface area contributed by atoms with Crippen LogP contribution in [0.15, 0.2) is 54.6 Å². The van der Waals surface area contributed by atoms with Gasteiger partial charge < -0.3 is 15.4 Å². The molecule has 140 valence electrons. The maximum atomic E-state index is 12.7. The highest BCUT2D eigenvalue weighted by molar-refractivity contribution is 6.10. The SMILES string of the molecule is Cc1cc(C)cc(C(=O)Nc2ccc3c(c2)C(=O)Nc2cc(C)ccc2O3)c1. The quantitative estimate of drug-likeness (QED) is 0.648. The van der Waals surface area contributed by atoms with Crippen molar-refractivity contribution in [3.63, 3.8) is 0 Å². The Labute approximate surface area is 163 Å². The second-order valence-corrected chi connectivity index (χ2v) is 7.10. The Morgan fingerprint density at radius 3 is 2.32 bits per heavy atom. The Kier molecular flexibility index (Phi) is 4.35. The smallest absolute Gasteiger partial charge is 0.259 e. The van der Waals surface area contributed by atoms with Gasteiger partial charge >= 0.3 is 0 Å². The van der Waals surface area contributed by atoms with Gasteiger partial charge in [-0.15, -0.1) is 0 Å². The minimum atomic E-state index is -0.276. The number of amides is 2. The van der Waals surface area contributed by atoms with Gasteiger partial charge in [0.1, 0.15) is 5.75 Å². The highest BCUT2D eigenvalue weighted by atomic mass is 16.5. The molecule has 0 bridgehead atoms. The fourth-order valence-corrected chi connectivity index (χ4v) is 3.32. The van der Waals surface area contributed by atoms with Gasteiger partial charge in [0.2, 0.25) is 0 Å². The van der Waals surface area contributed by atoms with Gasteiger partial charge in [0.25, 0.3) is 11.8 Å². The Balaban J connectivity index is 1.63. The number of ether oxygens (including phenoxy) is 1. The first kappa shape index (κ1) is 17.8. The van der Waals surface area contributed by atoms with E-state index in [0.29, 0.717) is 34.0 Å². The van der Waals surface area contributed by atoms with Gasteiger partial charge in [-0.05, 0) is 68.8 Å². The van der Waals surface area contributed by atoms with Crippen LogP contribution in [-0.2, 0) is 0 Å². The zero-order valence-electron chi connectivity index (χ0n) is 15.9. The molecule has 0 saturated heterocycles. The molecule has 0 aliphatic carbocycles. The number of carbonyl (C=O) groups excluding carboxylic acids is 2. The second kappa shape index (κ2) is 6.85. The van der Waals surface area contributed by atoms with Gasteiger partial charge in [0, 0.05) is 11.3 Å². The second-order valence-electron chi connectivity index (χ2n) is 7.10. The molecule has 0 fully saturated rings. The molecule has 4 rings (SSSR count). The topological polar surface area (TPSA) is 67.4 Å². The summed E-state index contributed by atoms with van der Waals surface area (Å²) in [7, 11) is 0. The summed E-state index contributed by atoms with van der Waals surface area (Å²) in [5.74, 6) is 0.539. The number of fused-ring (bicyclic) bond motifs is 2. The lowest BCUT2D eigenvalue weighted by molar-refractivity contribution is 0.101. The first-order chi connectivity index (χ1) is 13.4. The summed E-state index contributed by atoms with van der Waals surface area (Å²) in [6.45, 7) is 5.85. The molecule has 2 N–H and O–H groups in total. The van der Waals surface area contributed by atoms with Crippen LogP contribution in [0.5, 0.6) is 11.5 Å². The van der Waals surface area contributed by atoms with Crippen LogP contribution < -0.4 is 15.4 Å². The van der Waals surface area contributed by atoms with E-state index in [0.717, 1.165) is 16.7 Å². The molecule has 0 radical (unpaired) electrons. The van der Waals surface area contributed by atoms with Gasteiger partial charge in [-0.2, -0.15) is 0 Å². The lowest BCUT2D eigenvalue weighted by atomic mass is 10.1. The Hall–Kier alpha value is -3.60. The van der Waals surface area contributed by atoms with Crippen LogP contribution in [0.25, 0.3) is 0 Å². The van der Waals surface area contributed by atoms with E-state index in [9.17, 15) is 9.59 Å². The molecule has 1 aliphatic rings. The van der Waals surface area contributed by atoms with E-state index >= 15 is 0 Å². The Bertz CT molecular complexity index is 1100. The predicted octanol–water partition coefficient (Wildman–Crippen LogP) is 5.22. The van der Waals surface area contributed by atoms with Crippen molar-refractivity contribution >= 4 is 23.2 Å². The van der Waals surface area contributed by atoms with Crippen LogP contribution in [0.3, 0.4) is 0 Å². The summed E-state index contributed by atoms with van der Waals surface area (Å²) in [6, 6.07) is 16.4. The predicted molar refractivity (Wildman–Crippen MR) is 110 cm³/mol. The Morgan fingerprint density at radius 1 is 0.857 bits per heavy atom. The lowest BCUT2D eigenvalue weighted by Gasteiger charge is -2.11. The molecule has 1 aliphatic heterocycles. The van der Waals surface area contributed by atoms with Crippen LogP contribution in [0.4, 0.5) is 11.4 Å². The maximum absolute atomic E-state index is 12.7. The average molecular weight is 372 g/mol. The molecule has 5 nitrogen and oxygen atoms in total. The number of hydrogen-bond donors (Lipinski definition) is 2. The van der Waals surface area contributed by atoms with Crippen molar-refractivity contribution in [1.82, 2.24) is 0 Å². The first-order valence-corrected chi connectivity index (χ1v) is 9.02. The van der Waals surface area contributed by atoms with Crippen molar-refractivity contribution in [1.29, 1.82) is 0 Å². The standard InChI is InChI=1S/C23H20N2O3/c1-13-4-6-21-19(11-13)25-23(27)18-12-17(5-7-20(18)28-21)24-22(26)16-9-14(2)8-15(3)10-16/h4-12H,1-3H3,(H,24,26)(H,25,27). The highest BCUT2D eigenvalue weighted by Crippen LogP contribution is 2.37. The number of carbonyl (C=O) groups is 2. The van der Waals surface area contributed by atoms with Crippen LogP contribution >= 0.6 is 0 Å². The molecule has 1 heterocycles. The fraction of sp³-hybridized carbons (Fsp3) is 0.130. The molecule has 2 amide bonds. The normalized spacial score (nSPS) is 12.2. The van der Waals surface area contributed by atoms with Crippen molar-refractivity contribution < 1.29 is 14.3 Å². The summed E-state index contributed by atoms with van der Waals surface area (Å²) in [5, 5.41) is 5.73. The fourth-order valence-electron chi connectivity index (χ4n) is 3.32. The van der Waals surface area contributed by atoms with E-state index in [2.05, 4.69) is 10.6 Å². The number of anilines is 2. The van der Waals surface area contributed by atoms with Crippen molar-refractivity contribution in [3.05, 3.63) is 82.4 Å². The van der Waals surface area contributed by atoms with E-state index in [1.165, 1.54) is 0 Å². The maximum Gasteiger partial charge on any atom is 0.259 e. The molecular formula is C23H20N2O3. The largest absolute Gasteiger partial charge is 0.454 e. The molecule has 5 heteroatoms. The average Bonchev–Trinajstić information content (AvgIpc) is 2.76. The van der Waals surface area contributed by atoms with E-state index in [4.69, 9.17) is 4.74 Å². The van der Waals surface area contributed by atoms with E-state index in [-0.39, 0.29) is 11.8 Å². The molecule has 0 unspecified atom stereocenters. The van der Waals surface area contributed by atoms with Crippen molar-refractivity contribution in [3.8, 4) is 11.5 Å². The van der Waals surface area contributed by atoms with Gasteiger partial charge in [0.15, 0.2) is 5.75 Å². The van der Waals surface area contributed by atoms with Gasteiger partial charge in [-0.3, -0.25) is 9.59 Å².